The van der Waals surface area contributed by atoms with Crippen LogP contribution in [0.15, 0.2) is 72.5 Å². The van der Waals surface area contributed by atoms with Gasteiger partial charge in [0.25, 0.3) is 0 Å². The lowest BCUT2D eigenvalue weighted by atomic mass is 10.1. The van der Waals surface area contributed by atoms with E-state index in [4.69, 9.17) is 33.3 Å². The first-order valence-electron chi connectivity index (χ1n) is 10.4. The molecule has 0 aromatic heterocycles. The second kappa shape index (κ2) is 12.0. The summed E-state index contributed by atoms with van der Waals surface area (Å²) in [6.07, 6.45) is 6.89. The van der Waals surface area contributed by atoms with E-state index in [1.165, 1.54) is 5.56 Å². The molecule has 2 aromatic rings. The van der Waals surface area contributed by atoms with E-state index in [1.54, 1.807) is 12.1 Å². The third kappa shape index (κ3) is 7.78. The van der Waals surface area contributed by atoms with E-state index in [-0.39, 0.29) is 6.04 Å². The summed E-state index contributed by atoms with van der Waals surface area (Å²) in [6.45, 7) is 3.49. The van der Waals surface area contributed by atoms with Crippen molar-refractivity contribution in [2.24, 2.45) is 0 Å². The van der Waals surface area contributed by atoms with E-state index < -0.39 is 6.10 Å². The van der Waals surface area contributed by atoms with Crippen molar-refractivity contribution in [2.75, 3.05) is 19.8 Å². The quantitative estimate of drug-likeness (QED) is 0.358. The summed E-state index contributed by atoms with van der Waals surface area (Å²) in [5.74, 6) is 1.57. The van der Waals surface area contributed by atoms with Crippen molar-refractivity contribution in [3.63, 3.8) is 0 Å². The number of nitrogens with one attached hydrogen (secondary N) is 1. The maximum atomic E-state index is 10.3. The molecule has 0 bridgehead atoms. The van der Waals surface area contributed by atoms with E-state index in [0.717, 1.165) is 34.8 Å². The van der Waals surface area contributed by atoms with Crippen LogP contribution in [0.2, 0.25) is 5.02 Å². The molecule has 0 radical (unpaired) electrons. The minimum atomic E-state index is -0.589. The third-order valence-corrected chi connectivity index (χ3v) is 5.53. The second-order valence-electron chi connectivity index (χ2n) is 7.51. The van der Waals surface area contributed by atoms with Gasteiger partial charge in [0.05, 0.1) is 11.0 Å². The molecule has 4 nitrogen and oxygen atoms in total. The number of ether oxygens (including phenoxy) is 2. The van der Waals surface area contributed by atoms with Gasteiger partial charge in [-0.25, -0.2) is 0 Å². The summed E-state index contributed by atoms with van der Waals surface area (Å²) in [5, 5.41) is 14.3. The van der Waals surface area contributed by atoms with Gasteiger partial charge < -0.3 is 19.9 Å². The lowest BCUT2D eigenvalue weighted by Gasteiger charge is -2.18. The lowest BCUT2D eigenvalue weighted by molar-refractivity contribution is 0.168. The highest BCUT2D eigenvalue weighted by molar-refractivity contribution is 7.80. The van der Waals surface area contributed by atoms with Gasteiger partial charge in [-0.2, -0.15) is 0 Å². The first kappa shape index (κ1) is 23.5. The molecular formula is C25H28ClNO3S. The standard InChI is InChI=1S/C25H28ClNO3S/c1-18(27-17-23(28)20-5-4-6-21(26)16-20)15-19-9-11-22(12-10-19)29-13-14-30-24-7-2-3-8-25(24)31/h2-7,9-12,16,18,23,27-28H,8,13-15,17H2,1H3. The van der Waals surface area contributed by atoms with Crippen LogP contribution in [0.1, 0.15) is 30.6 Å². The van der Waals surface area contributed by atoms with Crippen molar-refractivity contribution in [1.29, 1.82) is 0 Å². The predicted octanol–water partition coefficient (Wildman–Crippen LogP) is 5.20. The van der Waals surface area contributed by atoms with Crippen LogP contribution in [0, 0.1) is 0 Å². The Morgan fingerprint density at radius 2 is 1.90 bits per heavy atom. The van der Waals surface area contributed by atoms with Gasteiger partial charge in [-0.3, -0.25) is 0 Å². The third-order valence-electron chi connectivity index (χ3n) is 4.93. The molecule has 2 unspecified atom stereocenters. The highest BCUT2D eigenvalue weighted by Gasteiger charge is 2.11. The van der Waals surface area contributed by atoms with Crippen molar-refractivity contribution in [1.82, 2.24) is 5.32 Å². The van der Waals surface area contributed by atoms with Gasteiger partial charge in [-0.15, -0.1) is 0 Å². The molecule has 6 heteroatoms. The van der Waals surface area contributed by atoms with Crippen LogP contribution in [0.4, 0.5) is 0 Å². The zero-order valence-corrected chi connectivity index (χ0v) is 19.2. The van der Waals surface area contributed by atoms with Crippen LogP contribution in [-0.4, -0.2) is 35.8 Å². The fraction of sp³-hybridized carbons (Fsp3) is 0.320. The van der Waals surface area contributed by atoms with Gasteiger partial charge in [-0.1, -0.05) is 60.2 Å². The summed E-state index contributed by atoms with van der Waals surface area (Å²) in [5.41, 5.74) is 2.01. The van der Waals surface area contributed by atoms with Gasteiger partial charge in [0.2, 0.25) is 0 Å². The number of halogens is 1. The van der Waals surface area contributed by atoms with E-state index >= 15 is 0 Å². The molecule has 2 atom stereocenters. The maximum absolute atomic E-state index is 10.3. The van der Waals surface area contributed by atoms with Crippen molar-refractivity contribution in [3.05, 3.63) is 88.7 Å². The first-order chi connectivity index (χ1) is 15.0. The fourth-order valence-corrected chi connectivity index (χ4v) is 3.68. The Morgan fingerprint density at radius 1 is 1.13 bits per heavy atom. The van der Waals surface area contributed by atoms with E-state index in [1.807, 2.05) is 42.5 Å². The summed E-state index contributed by atoms with van der Waals surface area (Å²) >= 11 is 11.3. The number of aliphatic hydroxyl groups is 1. The largest absolute Gasteiger partial charge is 0.490 e. The van der Waals surface area contributed by atoms with Gasteiger partial charge >= 0.3 is 0 Å². The van der Waals surface area contributed by atoms with E-state index in [0.29, 0.717) is 24.8 Å². The van der Waals surface area contributed by atoms with Crippen molar-refractivity contribution in [2.45, 2.75) is 31.9 Å². The van der Waals surface area contributed by atoms with Crippen molar-refractivity contribution < 1.29 is 14.6 Å². The van der Waals surface area contributed by atoms with Crippen LogP contribution >= 0.6 is 23.8 Å². The topological polar surface area (TPSA) is 50.7 Å². The molecule has 164 valence electrons. The van der Waals surface area contributed by atoms with Gasteiger partial charge in [0.15, 0.2) is 0 Å². The number of aliphatic hydroxyl groups excluding tert-OH is 1. The van der Waals surface area contributed by atoms with Crippen molar-refractivity contribution in [3.8, 4) is 5.75 Å². The smallest absolute Gasteiger partial charge is 0.133 e. The van der Waals surface area contributed by atoms with Gasteiger partial charge in [-0.05, 0) is 54.8 Å². The number of hydrogen-bond donors (Lipinski definition) is 2. The van der Waals surface area contributed by atoms with Crippen LogP contribution in [0.5, 0.6) is 5.75 Å². The average Bonchev–Trinajstić information content (AvgIpc) is 2.77. The maximum Gasteiger partial charge on any atom is 0.133 e. The Labute approximate surface area is 194 Å². The van der Waals surface area contributed by atoms with Crippen LogP contribution in [0.25, 0.3) is 0 Å². The molecule has 3 rings (SSSR count). The van der Waals surface area contributed by atoms with Crippen LogP contribution in [0.3, 0.4) is 0 Å². The Morgan fingerprint density at radius 3 is 2.65 bits per heavy atom. The highest BCUT2D eigenvalue weighted by atomic mass is 35.5. The van der Waals surface area contributed by atoms with Crippen LogP contribution in [-0.2, 0) is 11.2 Å². The summed E-state index contributed by atoms with van der Waals surface area (Å²) in [6, 6.07) is 15.6. The SMILES string of the molecule is CC(Cc1ccc(OCCOC2=CC=CCC2=S)cc1)NCC(O)c1cccc(Cl)c1. The number of hydrogen-bond acceptors (Lipinski definition) is 5. The monoisotopic (exact) mass is 457 g/mol. The Bertz CT molecular complexity index is 927. The first-order valence-corrected chi connectivity index (χ1v) is 11.2. The Hall–Kier alpha value is -2.18. The molecule has 2 aromatic carbocycles. The van der Waals surface area contributed by atoms with E-state index in [9.17, 15) is 5.11 Å². The Balaban J connectivity index is 1.37. The molecule has 2 N–H and O–H groups in total. The van der Waals surface area contributed by atoms with Gasteiger partial charge in [0, 0.05) is 24.0 Å². The molecule has 0 saturated heterocycles. The summed E-state index contributed by atoms with van der Waals surface area (Å²) < 4.78 is 11.4. The molecule has 1 aliphatic carbocycles. The molecule has 31 heavy (non-hydrogen) atoms. The molecule has 0 spiro atoms. The van der Waals surface area contributed by atoms with E-state index in [2.05, 4.69) is 24.4 Å². The minimum absolute atomic E-state index is 0.218. The normalized spacial score (nSPS) is 15.3. The zero-order chi connectivity index (χ0) is 22.1. The Kier molecular flexibility index (Phi) is 9.10. The average molecular weight is 458 g/mol. The molecule has 0 heterocycles. The van der Waals surface area contributed by atoms with Crippen LogP contribution < -0.4 is 10.1 Å². The summed E-state index contributed by atoms with van der Waals surface area (Å²) in [7, 11) is 0. The second-order valence-corrected chi connectivity index (χ2v) is 8.44. The number of thiocarbonyl (C=S) groups is 1. The molecule has 0 aliphatic heterocycles. The molecule has 0 fully saturated rings. The molecule has 0 saturated carbocycles. The fourth-order valence-electron chi connectivity index (χ4n) is 3.26. The van der Waals surface area contributed by atoms with Crippen molar-refractivity contribution >= 4 is 28.7 Å². The molecule has 0 amide bonds. The number of rotatable bonds is 11. The molecule has 1 aliphatic rings. The minimum Gasteiger partial charge on any atom is -0.490 e. The highest BCUT2D eigenvalue weighted by Crippen LogP contribution is 2.18. The molecular weight excluding hydrogens is 430 g/mol. The number of allylic oxidation sites excluding steroid dienone is 4. The predicted molar refractivity (Wildman–Crippen MR) is 130 cm³/mol. The number of benzene rings is 2. The zero-order valence-electron chi connectivity index (χ0n) is 17.6. The summed E-state index contributed by atoms with van der Waals surface area (Å²) in [4.78, 5) is 0.828. The lowest BCUT2D eigenvalue weighted by Crippen LogP contribution is -2.32. The van der Waals surface area contributed by atoms with Gasteiger partial charge in [0.1, 0.15) is 24.7 Å².